The molecule has 0 aliphatic carbocycles. The molecule has 1 aromatic rings. The van der Waals surface area contributed by atoms with Gasteiger partial charge in [-0.05, 0) is 43.7 Å². The van der Waals surface area contributed by atoms with E-state index in [2.05, 4.69) is 15.4 Å². The third-order valence-corrected chi connectivity index (χ3v) is 3.69. The minimum Gasteiger partial charge on any atom is -0.348 e. The molecule has 0 aromatic heterocycles. The van der Waals surface area contributed by atoms with Crippen molar-refractivity contribution in [2.24, 2.45) is 0 Å². The van der Waals surface area contributed by atoms with E-state index in [-0.39, 0.29) is 24.4 Å². The Hall–Kier alpha value is -1.31. The second-order valence-corrected chi connectivity index (χ2v) is 6.72. The fraction of sp³-hybridized carbons (Fsp3) is 0.462. The van der Waals surface area contributed by atoms with Crippen molar-refractivity contribution in [1.29, 1.82) is 0 Å². The number of rotatable bonds is 4. The van der Waals surface area contributed by atoms with Crippen LogP contribution >= 0.6 is 12.4 Å². The van der Waals surface area contributed by atoms with Gasteiger partial charge < -0.3 is 10.6 Å². The summed E-state index contributed by atoms with van der Waals surface area (Å²) in [4.78, 5) is 12.0. The number of carbonyl (C=O) groups excluding carboxylic acids is 1. The zero-order valence-corrected chi connectivity index (χ0v) is 13.4. The Morgan fingerprint density at radius 1 is 1.29 bits per heavy atom. The second-order valence-electron chi connectivity index (χ2n) is 4.97. The molecule has 1 saturated heterocycles. The number of piperidine rings is 1. The molecule has 0 unspecified atom stereocenters. The maximum absolute atomic E-state index is 12.0. The van der Waals surface area contributed by atoms with Gasteiger partial charge in [-0.1, -0.05) is 0 Å². The van der Waals surface area contributed by atoms with Crippen LogP contribution in [0.4, 0.5) is 5.69 Å². The van der Waals surface area contributed by atoms with E-state index in [1.165, 1.54) is 0 Å². The SMILES string of the molecule is CS(=O)(=O)Nc1ccc(C(=O)N[C@H]2CCCNC2)cc1.Cl. The van der Waals surface area contributed by atoms with Crippen LogP contribution in [0.3, 0.4) is 0 Å². The molecule has 1 aliphatic heterocycles. The summed E-state index contributed by atoms with van der Waals surface area (Å²) < 4.78 is 24.5. The minimum atomic E-state index is -3.29. The molecule has 0 bridgehead atoms. The third-order valence-electron chi connectivity index (χ3n) is 3.08. The van der Waals surface area contributed by atoms with Crippen molar-refractivity contribution in [1.82, 2.24) is 10.6 Å². The van der Waals surface area contributed by atoms with Gasteiger partial charge in [-0.25, -0.2) is 8.42 Å². The van der Waals surface area contributed by atoms with Crippen LogP contribution in [0, 0.1) is 0 Å². The standard InChI is InChI=1S/C13H19N3O3S.ClH/c1-20(18,19)16-11-6-4-10(5-7-11)13(17)15-12-3-2-8-14-9-12;/h4-7,12,14,16H,2-3,8-9H2,1H3,(H,15,17);1H/t12-;/m0./s1. The number of sulfonamides is 1. The minimum absolute atomic E-state index is 0. The highest BCUT2D eigenvalue weighted by molar-refractivity contribution is 7.92. The highest BCUT2D eigenvalue weighted by Gasteiger charge is 2.16. The fourth-order valence-electron chi connectivity index (χ4n) is 2.15. The Kier molecular flexibility index (Phi) is 6.44. The Morgan fingerprint density at radius 2 is 1.95 bits per heavy atom. The van der Waals surface area contributed by atoms with Crippen LogP contribution in [0.1, 0.15) is 23.2 Å². The molecule has 118 valence electrons. The second kappa shape index (κ2) is 7.63. The lowest BCUT2D eigenvalue weighted by Gasteiger charge is -2.23. The molecular formula is C13H20ClN3O3S. The lowest BCUT2D eigenvalue weighted by Crippen LogP contribution is -2.45. The number of nitrogens with one attached hydrogen (secondary N) is 3. The summed E-state index contributed by atoms with van der Waals surface area (Å²) in [5.74, 6) is -0.135. The van der Waals surface area contributed by atoms with E-state index in [0.717, 1.165) is 32.2 Å². The van der Waals surface area contributed by atoms with Gasteiger partial charge in [0.05, 0.1) is 6.26 Å². The zero-order chi connectivity index (χ0) is 14.6. The summed E-state index contributed by atoms with van der Waals surface area (Å²) in [5.41, 5.74) is 0.970. The van der Waals surface area contributed by atoms with E-state index >= 15 is 0 Å². The summed E-state index contributed by atoms with van der Waals surface area (Å²) >= 11 is 0. The van der Waals surface area contributed by atoms with E-state index in [1.54, 1.807) is 24.3 Å². The molecular weight excluding hydrogens is 314 g/mol. The third kappa shape index (κ3) is 5.91. The van der Waals surface area contributed by atoms with Crippen LogP contribution in [-0.2, 0) is 10.0 Å². The summed E-state index contributed by atoms with van der Waals surface area (Å²) in [6, 6.07) is 6.53. The van der Waals surface area contributed by atoms with Crippen molar-refractivity contribution in [2.45, 2.75) is 18.9 Å². The predicted octanol–water partition coefficient (Wildman–Crippen LogP) is 0.962. The first kappa shape index (κ1) is 17.7. The van der Waals surface area contributed by atoms with Gasteiger partial charge in [0, 0.05) is 23.8 Å². The lowest BCUT2D eigenvalue weighted by atomic mass is 10.1. The van der Waals surface area contributed by atoms with Gasteiger partial charge in [0.2, 0.25) is 10.0 Å². The number of carbonyl (C=O) groups is 1. The highest BCUT2D eigenvalue weighted by atomic mass is 35.5. The van der Waals surface area contributed by atoms with Crippen LogP contribution in [-0.4, -0.2) is 39.7 Å². The van der Waals surface area contributed by atoms with Crippen LogP contribution in [0.25, 0.3) is 0 Å². The van der Waals surface area contributed by atoms with Crippen molar-refractivity contribution >= 4 is 34.0 Å². The smallest absolute Gasteiger partial charge is 0.251 e. The molecule has 1 aliphatic rings. The number of amides is 1. The van der Waals surface area contributed by atoms with Gasteiger partial charge >= 0.3 is 0 Å². The van der Waals surface area contributed by atoms with Gasteiger partial charge in [-0.2, -0.15) is 0 Å². The maximum Gasteiger partial charge on any atom is 0.251 e. The molecule has 0 spiro atoms. The molecule has 6 nitrogen and oxygen atoms in total. The van der Waals surface area contributed by atoms with Crippen LogP contribution in [0.15, 0.2) is 24.3 Å². The average molecular weight is 334 g/mol. The molecule has 0 radical (unpaired) electrons. The van der Waals surface area contributed by atoms with E-state index in [0.29, 0.717) is 11.3 Å². The molecule has 1 amide bonds. The molecule has 8 heteroatoms. The predicted molar refractivity (Wildman–Crippen MR) is 85.5 cm³/mol. The first-order valence-electron chi connectivity index (χ1n) is 6.53. The van der Waals surface area contributed by atoms with Crippen molar-refractivity contribution in [3.05, 3.63) is 29.8 Å². The molecule has 0 saturated carbocycles. The summed E-state index contributed by atoms with van der Waals surface area (Å²) in [5, 5.41) is 6.20. The van der Waals surface area contributed by atoms with Gasteiger partial charge in [0.25, 0.3) is 5.91 Å². The van der Waals surface area contributed by atoms with E-state index in [4.69, 9.17) is 0 Å². The van der Waals surface area contributed by atoms with E-state index in [9.17, 15) is 13.2 Å². The Balaban J connectivity index is 0.00000220. The van der Waals surface area contributed by atoms with E-state index < -0.39 is 10.0 Å². The molecule has 21 heavy (non-hydrogen) atoms. The number of benzene rings is 1. The molecule has 1 heterocycles. The van der Waals surface area contributed by atoms with Gasteiger partial charge in [-0.3, -0.25) is 9.52 Å². The number of hydrogen-bond donors (Lipinski definition) is 3. The number of halogens is 1. The van der Waals surface area contributed by atoms with Crippen molar-refractivity contribution < 1.29 is 13.2 Å². The normalized spacial score (nSPS) is 18.4. The largest absolute Gasteiger partial charge is 0.348 e. The van der Waals surface area contributed by atoms with Gasteiger partial charge in [0.15, 0.2) is 0 Å². The zero-order valence-electron chi connectivity index (χ0n) is 11.8. The average Bonchev–Trinajstić information content (AvgIpc) is 2.39. The lowest BCUT2D eigenvalue weighted by molar-refractivity contribution is 0.0930. The Bertz CT molecular complexity index is 569. The first-order valence-corrected chi connectivity index (χ1v) is 8.42. The molecule has 1 aromatic carbocycles. The number of anilines is 1. The summed E-state index contributed by atoms with van der Waals surface area (Å²) in [6.45, 7) is 1.79. The van der Waals surface area contributed by atoms with Crippen molar-refractivity contribution in [3.8, 4) is 0 Å². The Labute approximate surface area is 131 Å². The maximum atomic E-state index is 12.0. The highest BCUT2D eigenvalue weighted by Crippen LogP contribution is 2.11. The molecule has 2 rings (SSSR count). The van der Waals surface area contributed by atoms with Crippen LogP contribution in [0.5, 0.6) is 0 Å². The van der Waals surface area contributed by atoms with E-state index in [1.807, 2.05) is 0 Å². The quantitative estimate of drug-likeness (QED) is 0.766. The molecule has 3 N–H and O–H groups in total. The van der Waals surface area contributed by atoms with Gasteiger partial charge in [0.1, 0.15) is 0 Å². The first-order chi connectivity index (χ1) is 9.44. The Morgan fingerprint density at radius 3 is 2.48 bits per heavy atom. The molecule has 1 atom stereocenters. The monoisotopic (exact) mass is 333 g/mol. The summed E-state index contributed by atoms with van der Waals surface area (Å²) in [7, 11) is -3.29. The number of hydrogen-bond acceptors (Lipinski definition) is 4. The van der Waals surface area contributed by atoms with Crippen molar-refractivity contribution in [2.75, 3.05) is 24.1 Å². The topological polar surface area (TPSA) is 87.3 Å². The van der Waals surface area contributed by atoms with Crippen LogP contribution < -0.4 is 15.4 Å². The van der Waals surface area contributed by atoms with Gasteiger partial charge in [-0.15, -0.1) is 12.4 Å². The van der Waals surface area contributed by atoms with Crippen molar-refractivity contribution in [3.63, 3.8) is 0 Å². The molecule has 1 fully saturated rings. The van der Waals surface area contributed by atoms with Crippen LogP contribution in [0.2, 0.25) is 0 Å². The summed E-state index contributed by atoms with van der Waals surface area (Å²) in [6.07, 6.45) is 3.12. The fourth-order valence-corrected chi connectivity index (χ4v) is 2.71.